The van der Waals surface area contributed by atoms with Gasteiger partial charge >= 0.3 is 5.97 Å². The molecule has 1 rings (SSSR count). The van der Waals surface area contributed by atoms with Crippen LogP contribution in [0, 0.1) is 5.92 Å². The minimum absolute atomic E-state index is 0.105. The summed E-state index contributed by atoms with van der Waals surface area (Å²) in [4.78, 5) is 50.1. The molecule has 1 aromatic carbocycles. The van der Waals surface area contributed by atoms with E-state index in [0.29, 0.717) is 18.6 Å². The largest absolute Gasteiger partial charge is 0.480 e. The number of carboxylic acid groups (broad SMARTS) is 1. The Balaban J connectivity index is 3.07. The number of carboxylic acids is 1. The first-order valence-electron chi connectivity index (χ1n) is 11.2. The zero-order chi connectivity index (χ0) is 25.7. The van der Waals surface area contributed by atoms with Crippen molar-refractivity contribution in [1.29, 1.82) is 0 Å². The third kappa shape index (κ3) is 9.94. The Morgan fingerprint density at radius 3 is 2.18 bits per heavy atom. The van der Waals surface area contributed by atoms with Gasteiger partial charge in [0.2, 0.25) is 17.7 Å². The lowest BCUT2D eigenvalue weighted by Crippen LogP contribution is -2.59. The van der Waals surface area contributed by atoms with Crippen LogP contribution in [0.25, 0.3) is 0 Å². The summed E-state index contributed by atoms with van der Waals surface area (Å²) in [5.41, 5.74) is 6.74. The third-order valence-electron chi connectivity index (χ3n) is 5.48. The highest BCUT2D eigenvalue weighted by molar-refractivity contribution is 7.98. The minimum Gasteiger partial charge on any atom is -0.480 e. The highest BCUT2D eigenvalue weighted by Crippen LogP contribution is 2.11. The molecular formula is C23H36N4O5S2. The monoisotopic (exact) mass is 512 g/mol. The Morgan fingerprint density at radius 1 is 1.03 bits per heavy atom. The van der Waals surface area contributed by atoms with Crippen molar-refractivity contribution in [3.63, 3.8) is 0 Å². The number of carbonyl (C=O) groups is 4. The fourth-order valence-corrected chi connectivity index (χ4v) is 3.85. The van der Waals surface area contributed by atoms with Gasteiger partial charge in [-0.05, 0) is 29.9 Å². The van der Waals surface area contributed by atoms with E-state index in [9.17, 15) is 24.3 Å². The van der Waals surface area contributed by atoms with Gasteiger partial charge < -0.3 is 26.8 Å². The number of benzene rings is 1. The lowest BCUT2D eigenvalue weighted by Gasteiger charge is -2.28. The standard InChI is InChI=1S/C23H36N4O5S2/c1-4-14(2)19(27-20(28)16(24)10-11-34-3)22(30)25-17(12-15-8-6-5-7-9-15)21(29)26-18(13-33)23(31)32/h5-9,14,16-19,33H,4,10-13,24H2,1-3H3,(H,25,30)(H,26,29)(H,27,28)(H,31,32). The molecule has 11 heteroatoms. The highest BCUT2D eigenvalue weighted by Gasteiger charge is 2.32. The van der Waals surface area contributed by atoms with Crippen LogP contribution in [-0.4, -0.2) is 70.7 Å². The number of nitrogens with two attached hydrogens (primary N) is 1. The highest BCUT2D eigenvalue weighted by atomic mass is 32.2. The van der Waals surface area contributed by atoms with Crippen molar-refractivity contribution < 1.29 is 24.3 Å². The average molecular weight is 513 g/mol. The fraction of sp³-hybridized carbons (Fsp3) is 0.565. The number of amides is 3. The second kappa shape index (κ2) is 15.6. The van der Waals surface area contributed by atoms with Gasteiger partial charge in [0.05, 0.1) is 6.04 Å². The van der Waals surface area contributed by atoms with Crippen LogP contribution >= 0.6 is 24.4 Å². The Morgan fingerprint density at radius 2 is 1.65 bits per heavy atom. The van der Waals surface area contributed by atoms with Crippen LogP contribution in [-0.2, 0) is 25.6 Å². The molecule has 34 heavy (non-hydrogen) atoms. The maximum absolute atomic E-state index is 13.2. The van der Waals surface area contributed by atoms with E-state index in [1.54, 1.807) is 36.0 Å². The van der Waals surface area contributed by atoms with Gasteiger partial charge in [0.15, 0.2) is 0 Å². The SMILES string of the molecule is CCC(C)C(NC(=O)C(N)CCSC)C(=O)NC(Cc1ccccc1)C(=O)NC(CS)C(=O)O. The van der Waals surface area contributed by atoms with E-state index in [2.05, 4.69) is 28.6 Å². The molecule has 1 aromatic rings. The molecule has 6 N–H and O–H groups in total. The maximum atomic E-state index is 13.2. The molecule has 0 saturated heterocycles. The Bertz CT molecular complexity index is 812. The van der Waals surface area contributed by atoms with E-state index in [4.69, 9.17) is 5.73 Å². The summed E-state index contributed by atoms with van der Waals surface area (Å²) in [5, 5.41) is 17.1. The zero-order valence-corrected chi connectivity index (χ0v) is 21.5. The van der Waals surface area contributed by atoms with Crippen LogP contribution in [0.5, 0.6) is 0 Å². The summed E-state index contributed by atoms with van der Waals surface area (Å²) in [6.07, 6.45) is 3.14. The summed E-state index contributed by atoms with van der Waals surface area (Å²) < 4.78 is 0. The van der Waals surface area contributed by atoms with E-state index in [-0.39, 0.29) is 18.1 Å². The number of carbonyl (C=O) groups excluding carboxylic acids is 3. The summed E-state index contributed by atoms with van der Waals surface area (Å²) in [6.45, 7) is 3.72. The van der Waals surface area contributed by atoms with Gasteiger partial charge in [-0.15, -0.1) is 0 Å². The van der Waals surface area contributed by atoms with Crippen LogP contribution in [0.1, 0.15) is 32.3 Å². The molecule has 0 aliphatic carbocycles. The van der Waals surface area contributed by atoms with Gasteiger partial charge in [-0.1, -0.05) is 50.6 Å². The minimum atomic E-state index is -1.22. The van der Waals surface area contributed by atoms with E-state index >= 15 is 0 Å². The molecule has 5 unspecified atom stereocenters. The van der Waals surface area contributed by atoms with Gasteiger partial charge in [-0.3, -0.25) is 14.4 Å². The average Bonchev–Trinajstić information content (AvgIpc) is 2.83. The summed E-state index contributed by atoms with van der Waals surface area (Å²) in [7, 11) is 0. The van der Waals surface area contributed by atoms with Crippen molar-refractivity contribution >= 4 is 48.1 Å². The molecule has 0 heterocycles. The Labute approximate surface area is 210 Å². The van der Waals surface area contributed by atoms with Gasteiger partial charge in [-0.25, -0.2) is 4.79 Å². The number of thioether (sulfide) groups is 1. The topological polar surface area (TPSA) is 151 Å². The van der Waals surface area contributed by atoms with Gasteiger partial charge in [0.25, 0.3) is 0 Å². The predicted molar refractivity (Wildman–Crippen MR) is 138 cm³/mol. The summed E-state index contributed by atoms with van der Waals surface area (Å²) in [6, 6.07) is 5.14. The van der Waals surface area contributed by atoms with Crippen LogP contribution in [0.2, 0.25) is 0 Å². The Kier molecular flexibility index (Phi) is 13.7. The molecule has 0 spiro atoms. The van der Waals surface area contributed by atoms with E-state index in [0.717, 1.165) is 5.56 Å². The van der Waals surface area contributed by atoms with Crippen molar-refractivity contribution in [2.24, 2.45) is 11.7 Å². The van der Waals surface area contributed by atoms with Gasteiger partial charge in [0, 0.05) is 12.2 Å². The molecule has 3 amide bonds. The third-order valence-corrected chi connectivity index (χ3v) is 6.48. The Hall–Kier alpha value is -2.24. The van der Waals surface area contributed by atoms with E-state index in [1.807, 2.05) is 26.2 Å². The first-order valence-corrected chi connectivity index (χ1v) is 13.2. The van der Waals surface area contributed by atoms with Gasteiger partial charge in [-0.2, -0.15) is 24.4 Å². The maximum Gasteiger partial charge on any atom is 0.327 e. The molecule has 0 aliphatic rings. The number of aliphatic carboxylic acids is 1. The number of hydrogen-bond acceptors (Lipinski definition) is 7. The number of nitrogens with one attached hydrogen (secondary N) is 3. The van der Waals surface area contributed by atoms with E-state index in [1.165, 1.54) is 0 Å². The van der Waals surface area contributed by atoms with Crippen molar-refractivity contribution in [1.82, 2.24) is 16.0 Å². The normalized spacial score (nSPS) is 15.3. The first kappa shape index (κ1) is 29.8. The summed E-state index contributed by atoms with van der Waals surface area (Å²) in [5.74, 6) is -2.45. The molecule has 0 bridgehead atoms. The number of hydrogen-bond donors (Lipinski definition) is 6. The molecule has 5 atom stereocenters. The quantitative estimate of drug-likeness (QED) is 0.190. The lowest BCUT2D eigenvalue weighted by molar-refractivity contribution is -0.141. The predicted octanol–water partition coefficient (Wildman–Crippen LogP) is 0.824. The molecule has 0 aliphatic heterocycles. The molecular weight excluding hydrogens is 476 g/mol. The zero-order valence-electron chi connectivity index (χ0n) is 19.8. The summed E-state index contributed by atoms with van der Waals surface area (Å²) >= 11 is 5.55. The molecule has 0 fully saturated rings. The molecule has 0 radical (unpaired) electrons. The second-order valence-corrected chi connectivity index (χ2v) is 9.44. The van der Waals surface area contributed by atoms with Crippen molar-refractivity contribution in [2.75, 3.05) is 17.8 Å². The second-order valence-electron chi connectivity index (χ2n) is 8.09. The van der Waals surface area contributed by atoms with Crippen LogP contribution in [0.3, 0.4) is 0 Å². The fourth-order valence-electron chi connectivity index (χ4n) is 3.12. The van der Waals surface area contributed by atoms with Crippen LogP contribution in [0.15, 0.2) is 30.3 Å². The molecule has 0 aromatic heterocycles. The van der Waals surface area contributed by atoms with E-state index < -0.39 is 47.9 Å². The van der Waals surface area contributed by atoms with Crippen molar-refractivity contribution in [2.45, 2.75) is 57.3 Å². The number of rotatable bonds is 15. The van der Waals surface area contributed by atoms with Crippen molar-refractivity contribution in [3.05, 3.63) is 35.9 Å². The first-order chi connectivity index (χ1) is 16.1. The van der Waals surface area contributed by atoms with Crippen LogP contribution in [0.4, 0.5) is 0 Å². The lowest BCUT2D eigenvalue weighted by atomic mass is 9.96. The molecule has 9 nitrogen and oxygen atoms in total. The smallest absolute Gasteiger partial charge is 0.327 e. The van der Waals surface area contributed by atoms with Gasteiger partial charge in [0.1, 0.15) is 18.1 Å². The van der Waals surface area contributed by atoms with Crippen molar-refractivity contribution in [3.8, 4) is 0 Å². The molecule has 190 valence electrons. The number of thiol groups is 1. The molecule has 0 saturated carbocycles. The van der Waals surface area contributed by atoms with Crippen LogP contribution < -0.4 is 21.7 Å².